The molecule has 7 rings (SSSR count). The topological polar surface area (TPSA) is 206 Å². The zero-order valence-corrected chi connectivity index (χ0v) is 36.1. The highest BCUT2D eigenvalue weighted by Crippen LogP contribution is 2.31. The number of pyridine rings is 2. The smallest absolute Gasteiger partial charge is 0.240 e. The predicted molar refractivity (Wildman–Crippen MR) is 239 cm³/mol. The molecular formula is C43H55FN10O4S2. The fraction of sp³-hybridized carbons (Fsp3) is 0.395. The van der Waals surface area contributed by atoms with Gasteiger partial charge in [0.15, 0.2) is 11.6 Å². The molecular weight excluding hydrogens is 804 g/mol. The van der Waals surface area contributed by atoms with Crippen LogP contribution in [0.15, 0.2) is 77.7 Å². The van der Waals surface area contributed by atoms with Gasteiger partial charge in [-0.15, -0.1) is 0 Å². The second-order valence-corrected chi connectivity index (χ2v) is 18.5. The molecule has 0 aliphatic rings. The van der Waals surface area contributed by atoms with Crippen LogP contribution in [0.5, 0.6) is 0 Å². The number of halogens is 1. The molecule has 6 N–H and O–H groups in total. The van der Waals surface area contributed by atoms with E-state index in [9.17, 15) is 21.2 Å². The molecule has 0 radical (unpaired) electrons. The Bertz CT molecular complexity index is 2810. The molecule has 3 aromatic carbocycles. The lowest BCUT2D eigenvalue weighted by molar-refractivity contribution is 0.559. The third kappa shape index (κ3) is 10.7. The number of nitrogen functional groups attached to an aromatic ring is 2. The van der Waals surface area contributed by atoms with Crippen molar-refractivity contribution in [1.82, 2.24) is 38.5 Å². The molecule has 0 spiro atoms. The number of nitrogens with one attached hydrogen (secondary N) is 2. The molecule has 17 heteroatoms. The average Bonchev–Trinajstić information content (AvgIpc) is 3.78. The van der Waals surface area contributed by atoms with Crippen LogP contribution in [0.25, 0.3) is 43.9 Å². The minimum atomic E-state index is -3.74. The molecule has 0 saturated carbocycles. The van der Waals surface area contributed by atoms with Crippen LogP contribution in [0.3, 0.4) is 0 Å². The Balaban J connectivity index is 0.000000205. The lowest BCUT2D eigenvalue weighted by Crippen LogP contribution is -2.25. The van der Waals surface area contributed by atoms with Crippen LogP contribution in [-0.4, -0.2) is 65.3 Å². The van der Waals surface area contributed by atoms with Gasteiger partial charge in [-0.3, -0.25) is 0 Å². The van der Waals surface area contributed by atoms with Crippen LogP contribution in [0.1, 0.15) is 76.9 Å². The number of hydrogen-bond donors (Lipinski definition) is 4. The van der Waals surface area contributed by atoms with Gasteiger partial charge in [-0.1, -0.05) is 69.2 Å². The molecule has 320 valence electrons. The first-order valence-corrected chi connectivity index (χ1v) is 23.9. The number of anilines is 2. The van der Waals surface area contributed by atoms with E-state index in [0.717, 1.165) is 120 Å². The van der Waals surface area contributed by atoms with Crippen LogP contribution in [-0.2, 0) is 46.0 Å². The Hall–Kier alpha value is -5.23. The summed E-state index contributed by atoms with van der Waals surface area (Å²) in [5, 5.41) is 2.05. The highest BCUT2D eigenvalue weighted by molar-refractivity contribution is 7.89. The van der Waals surface area contributed by atoms with Gasteiger partial charge in [-0.2, -0.15) is 0 Å². The number of aromatic nitrogens is 6. The molecule has 0 aliphatic heterocycles. The van der Waals surface area contributed by atoms with Gasteiger partial charge in [-0.05, 0) is 68.9 Å². The van der Waals surface area contributed by atoms with E-state index in [4.69, 9.17) is 21.4 Å². The van der Waals surface area contributed by atoms with E-state index in [1.54, 1.807) is 0 Å². The number of sulfonamides is 2. The van der Waals surface area contributed by atoms with Crippen LogP contribution in [0, 0.1) is 5.82 Å². The van der Waals surface area contributed by atoms with Crippen LogP contribution in [0.4, 0.5) is 16.0 Å². The van der Waals surface area contributed by atoms with Crippen LogP contribution >= 0.6 is 0 Å². The fourth-order valence-electron chi connectivity index (χ4n) is 7.31. The van der Waals surface area contributed by atoms with E-state index in [0.29, 0.717) is 36.7 Å². The van der Waals surface area contributed by atoms with Gasteiger partial charge >= 0.3 is 0 Å². The van der Waals surface area contributed by atoms with Crippen molar-refractivity contribution in [3.63, 3.8) is 0 Å². The van der Waals surface area contributed by atoms with Crippen molar-refractivity contribution in [3.8, 4) is 0 Å². The summed E-state index contributed by atoms with van der Waals surface area (Å²) >= 11 is 0. The van der Waals surface area contributed by atoms with E-state index in [2.05, 4.69) is 48.5 Å². The molecule has 0 bridgehead atoms. The third-order valence-corrected chi connectivity index (χ3v) is 12.5. The SMILES string of the molecule is CCCCc1nc2c(N)nc3ccccc3c2n1CCCCNS(=O)(=O)c1cccc(F)c1.CCCCc1nc2c(N)nc3ccccc3c2n1CCCCNS(C)(=O)=O. The van der Waals surface area contributed by atoms with E-state index in [-0.39, 0.29) is 11.4 Å². The Morgan fingerprint density at radius 2 is 1.10 bits per heavy atom. The minimum Gasteiger partial charge on any atom is -0.382 e. The molecule has 0 amide bonds. The number of benzene rings is 3. The number of nitrogens with zero attached hydrogens (tertiary/aromatic N) is 6. The number of hydrogen-bond acceptors (Lipinski definition) is 10. The van der Waals surface area contributed by atoms with Crippen molar-refractivity contribution in [2.24, 2.45) is 0 Å². The Morgan fingerprint density at radius 1 is 0.617 bits per heavy atom. The number of imidazole rings is 2. The summed E-state index contributed by atoms with van der Waals surface area (Å²) in [6, 6.07) is 20.8. The highest BCUT2D eigenvalue weighted by Gasteiger charge is 2.19. The van der Waals surface area contributed by atoms with Crippen molar-refractivity contribution in [2.75, 3.05) is 30.8 Å². The number of aryl methyl sites for hydroxylation is 4. The molecule has 4 aromatic heterocycles. The second kappa shape index (κ2) is 19.9. The molecule has 0 aliphatic carbocycles. The lowest BCUT2D eigenvalue weighted by atomic mass is 10.2. The maximum Gasteiger partial charge on any atom is 0.240 e. The molecule has 0 atom stereocenters. The second-order valence-electron chi connectivity index (χ2n) is 14.9. The van der Waals surface area contributed by atoms with Gasteiger partial charge in [0.1, 0.15) is 28.5 Å². The monoisotopic (exact) mass is 858 g/mol. The van der Waals surface area contributed by atoms with Gasteiger partial charge in [0.2, 0.25) is 20.0 Å². The van der Waals surface area contributed by atoms with Gasteiger partial charge in [-0.25, -0.2) is 50.6 Å². The lowest BCUT2D eigenvalue weighted by Gasteiger charge is -2.11. The normalized spacial score (nSPS) is 12.1. The van der Waals surface area contributed by atoms with Crippen molar-refractivity contribution in [2.45, 2.75) is 96.0 Å². The summed E-state index contributed by atoms with van der Waals surface area (Å²) in [6.07, 6.45) is 10.1. The summed E-state index contributed by atoms with van der Waals surface area (Å²) in [4.78, 5) is 18.6. The maximum atomic E-state index is 13.4. The van der Waals surface area contributed by atoms with Crippen LogP contribution < -0.4 is 20.9 Å². The predicted octanol–water partition coefficient (Wildman–Crippen LogP) is 7.25. The number of unbranched alkanes of at least 4 members (excludes halogenated alkanes) is 4. The Labute approximate surface area is 351 Å². The molecule has 7 aromatic rings. The van der Waals surface area contributed by atoms with Gasteiger partial charge in [0, 0.05) is 49.8 Å². The molecule has 0 unspecified atom stereocenters. The first-order valence-electron chi connectivity index (χ1n) is 20.6. The van der Waals surface area contributed by atoms with Gasteiger partial charge < -0.3 is 20.6 Å². The molecule has 60 heavy (non-hydrogen) atoms. The summed E-state index contributed by atoms with van der Waals surface area (Å²) in [5.74, 6) is 2.29. The quantitative estimate of drug-likeness (QED) is 0.0600. The summed E-state index contributed by atoms with van der Waals surface area (Å²) in [5.41, 5.74) is 17.6. The minimum absolute atomic E-state index is 0.0700. The van der Waals surface area contributed by atoms with E-state index < -0.39 is 25.9 Å². The first kappa shape index (κ1) is 44.3. The van der Waals surface area contributed by atoms with Crippen LogP contribution in [0.2, 0.25) is 0 Å². The summed E-state index contributed by atoms with van der Waals surface area (Å²) in [6.45, 7) is 6.47. The zero-order valence-electron chi connectivity index (χ0n) is 34.5. The van der Waals surface area contributed by atoms with E-state index in [1.807, 2.05) is 42.5 Å². The van der Waals surface area contributed by atoms with E-state index >= 15 is 0 Å². The zero-order chi connectivity index (χ0) is 42.9. The van der Waals surface area contributed by atoms with Gasteiger partial charge in [0.05, 0.1) is 33.2 Å². The van der Waals surface area contributed by atoms with Crippen molar-refractivity contribution in [1.29, 1.82) is 0 Å². The van der Waals surface area contributed by atoms with Crippen molar-refractivity contribution >= 4 is 75.6 Å². The number of rotatable bonds is 19. The van der Waals surface area contributed by atoms with Gasteiger partial charge in [0.25, 0.3) is 0 Å². The molecule has 0 saturated heterocycles. The van der Waals surface area contributed by atoms with Crippen molar-refractivity contribution in [3.05, 3.63) is 90.3 Å². The first-order chi connectivity index (χ1) is 28.8. The van der Waals surface area contributed by atoms with Crippen molar-refractivity contribution < 1.29 is 21.2 Å². The van der Waals surface area contributed by atoms with E-state index in [1.165, 1.54) is 24.5 Å². The number of fused-ring (bicyclic) bond motifs is 6. The standard InChI is InChI=1S/C24H28FN5O2S.C19H27N5O2S/c1-2-3-13-21-29-22-23(19-11-4-5-12-20(19)28-24(22)26)30(21)15-7-6-14-27-33(31,32)18-10-8-9-17(25)16-18;1-3-4-11-16-23-17-18(14-9-5-6-10-15(14)22-19(17)20)24(16)13-8-7-12-21-27(2,25)26/h4-5,8-12,16,27H,2-3,6-7,13-15H2,1H3,(H2,26,28);5-6,9-10,21H,3-4,7-8,11-13H2,1-2H3,(H2,20,22). The Kier molecular flexibility index (Phi) is 14.7. The third-order valence-electron chi connectivity index (χ3n) is 10.3. The summed E-state index contributed by atoms with van der Waals surface area (Å²) in [7, 11) is -6.88. The Morgan fingerprint density at radius 3 is 1.57 bits per heavy atom. The number of nitrogens with two attached hydrogens (primary N) is 2. The fourth-order valence-corrected chi connectivity index (χ4v) is 8.93. The molecule has 14 nitrogen and oxygen atoms in total. The largest absolute Gasteiger partial charge is 0.382 e. The number of para-hydroxylation sites is 2. The highest BCUT2D eigenvalue weighted by atomic mass is 32.2. The average molecular weight is 859 g/mol. The summed E-state index contributed by atoms with van der Waals surface area (Å²) < 4.78 is 70.1. The molecule has 4 heterocycles. The molecule has 0 fully saturated rings. The maximum absolute atomic E-state index is 13.4.